The zero-order valence-electron chi connectivity index (χ0n) is 7.67. The minimum Gasteiger partial charge on any atom is -0.375 e. The lowest BCUT2D eigenvalue weighted by atomic mass is 9.98. The first kappa shape index (κ1) is 10.2. The largest absolute Gasteiger partial charge is 0.375 e. The Bertz CT molecular complexity index is 219. The summed E-state index contributed by atoms with van der Waals surface area (Å²) in [5.41, 5.74) is 10.1. The van der Waals surface area contributed by atoms with E-state index in [1.54, 1.807) is 0 Å². The molecule has 74 valence electrons. The average Bonchev–Trinajstić information content (AvgIpc) is 2.47. The first-order valence-electron chi connectivity index (χ1n) is 4.46. The number of rotatable bonds is 1. The molecule has 0 radical (unpaired) electrons. The lowest BCUT2D eigenvalue weighted by molar-refractivity contribution is -0.126. The van der Waals surface area contributed by atoms with Crippen LogP contribution < -0.4 is 16.6 Å². The highest BCUT2D eigenvalue weighted by Crippen LogP contribution is 2.30. The van der Waals surface area contributed by atoms with Crippen LogP contribution in [0.5, 0.6) is 0 Å². The first-order valence-corrected chi connectivity index (χ1v) is 4.87. The van der Waals surface area contributed by atoms with Gasteiger partial charge in [0, 0.05) is 5.92 Å². The van der Waals surface area contributed by atoms with E-state index in [0.717, 1.165) is 19.3 Å². The van der Waals surface area contributed by atoms with Gasteiger partial charge in [0.15, 0.2) is 5.11 Å². The zero-order valence-corrected chi connectivity index (χ0v) is 8.49. The van der Waals surface area contributed by atoms with Crippen LogP contribution in [-0.2, 0) is 4.79 Å². The van der Waals surface area contributed by atoms with Crippen LogP contribution in [0.4, 0.5) is 0 Å². The molecule has 0 spiro atoms. The van der Waals surface area contributed by atoms with Crippen LogP contribution in [0.15, 0.2) is 0 Å². The molecule has 0 aromatic heterocycles. The normalized spacial score (nSPS) is 26.8. The lowest BCUT2D eigenvalue weighted by Gasteiger charge is -2.15. The fourth-order valence-corrected chi connectivity index (χ4v) is 1.80. The van der Waals surface area contributed by atoms with E-state index in [4.69, 9.17) is 5.73 Å². The first-order chi connectivity index (χ1) is 6.11. The van der Waals surface area contributed by atoms with E-state index < -0.39 is 0 Å². The number of nitrogens with two attached hydrogens (primary N) is 1. The Kier molecular flexibility index (Phi) is 3.48. The summed E-state index contributed by atoms with van der Waals surface area (Å²) >= 11 is 4.57. The molecule has 0 bridgehead atoms. The smallest absolute Gasteiger partial charge is 0.241 e. The second kappa shape index (κ2) is 4.41. The molecule has 1 aliphatic rings. The van der Waals surface area contributed by atoms with Gasteiger partial charge in [-0.2, -0.15) is 0 Å². The Labute approximate surface area is 83.2 Å². The molecule has 0 heterocycles. The van der Waals surface area contributed by atoms with Crippen molar-refractivity contribution in [1.29, 1.82) is 0 Å². The fraction of sp³-hybridized carbons (Fsp3) is 0.750. The molecule has 4 N–H and O–H groups in total. The molecule has 13 heavy (non-hydrogen) atoms. The van der Waals surface area contributed by atoms with Crippen LogP contribution in [0, 0.1) is 11.8 Å². The second-order valence-electron chi connectivity index (χ2n) is 3.49. The number of nitrogens with one attached hydrogen (secondary N) is 2. The Morgan fingerprint density at radius 1 is 1.46 bits per heavy atom. The van der Waals surface area contributed by atoms with E-state index in [-0.39, 0.29) is 16.9 Å². The maximum Gasteiger partial charge on any atom is 0.241 e. The number of amides is 1. The molecule has 0 aliphatic heterocycles. The average molecular weight is 201 g/mol. The quantitative estimate of drug-likeness (QED) is 0.421. The molecule has 1 aliphatic carbocycles. The van der Waals surface area contributed by atoms with Crippen LogP contribution in [-0.4, -0.2) is 11.0 Å². The van der Waals surface area contributed by atoms with Crippen molar-refractivity contribution in [2.24, 2.45) is 17.6 Å². The van der Waals surface area contributed by atoms with E-state index in [1.807, 2.05) is 0 Å². The summed E-state index contributed by atoms with van der Waals surface area (Å²) in [6, 6.07) is 0. The number of hydrazine groups is 1. The molecule has 2 unspecified atom stereocenters. The Hall–Kier alpha value is -0.840. The highest BCUT2D eigenvalue weighted by Gasteiger charge is 2.29. The summed E-state index contributed by atoms with van der Waals surface area (Å²) in [4.78, 5) is 11.5. The van der Waals surface area contributed by atoms with Crippen molar-refractivity contribution in [2.75, 3.05) is 0 Å². The SMILES string of the molecule is CC1CCCC1C(=O)NNC(N)=S. The van der Waals surface area contributed by atoms with Crippen molar-refractivity contribution >= 4 is 23.2 Å². The minimum atomic E-state index is -0.00204. The molecule has 0 saturated heterocycles. The van der Waals surface area contributed by atoms with Crippen molar-refractivity contribution in [2.45, 2.75) is 26.2 Å². The van der Waals surface area contributed by atoms with Gasteiger partial charge >= 0.3 is 0 Å². The van der Waals surface area contributed by atoms with Crippen LogP contribution in [0.3, 0.4) is 0 Å². The number of hydrogen-bond donors (Lipinski definition) is 3. The van der Waals surface area contributed by atoms with Crippen LogP contribution in [0.25, 0.3) is 0 Å². The standard InChI is InChI=1S/C8H15N3OS/c1-5-3-2-4-6(5)7(12)10-11-8(9)13/h5-6H,2-4H2,1H3,(H,10,12)(H3,9,11,13). The Morgan fingerprint density at radius 3 is 2.62 bits per heavy atom. The van der Waals surface area contributed by atoms with Gasteiger partial charge in [0.25, 0.3) is 0 Å². The van der Waals surface area contributed by atoms with Gasteiger partial charge in [0.05, 0.1) is 0 Å². The molecule has 1 saturated carbocycles. The van der Waals surface area contributed by atoms with Gasteiger partial charge in [-0.25, -0.2) is 0 Å². The maximum atomic E-state index is 11.5. The molecule has 0 aromatic carbocycles. The van der Waals surface area contributed by atoms with Gasteiger partial charge in [-0.15, -0.1) is 0 Å². The van der Waals surface area contributed by atoms with Crippen molar-refractivity contribution in [3.63, 3.8) is 0 Å². The number of thiocarbonyl (C=S) groups is 1. The number of carbonyl (C=O) groups is 1. The molecule has 1 amide bonds. The highest BCUT2D eigenvalue weighted by molar-refractivity contribution is 7.80. The van der Waals surface area contributed by atoms with Crippen molar-refractivity contribution in [1.82, 2.24) is 10.9 Å². The van der Waals surface area contributed by atoms with E-state index in [1.165, 1.54) is 0 Å². The minimum absolute atomic E-state index is 0.00204. The van der Waals surface area contributed by atoms with Gasteiger partial charge in [-0.3, -0.25) is 15.6 Å². The van der Waals surface area contributed by atoms with Crippen molar-refractivity contribution in [3.8, 4) is 0 Å². The summed E-state index contributed by atoms with van der Waals surface area (Å²) in [7, 11) is 0. The molecule has 2 atom stereocenters. The molecular formula is C8H15N3OS. The van der Waals surface area contributed by atoms with Gasteiger partial charge in [-0.05, 0) is 31.0 Å². The van der Waals surface area contributed by atoms with Crippen LogP contribution >= 0.6 is 12.2 Å². The van der Waals surface area contributed by atoms with Gasteiger partial charge in [-0.1, -0.05) is 13.3 Å². The lowest BCUT2D eigenvalue weighted by Crippen LogP contribution is -2.47. The molecule has 0 aromatic rings. The number of hydrogen-bond acceptors (Lipinski definition) is 2. The molecule has 4 nitrogen and oxygen atoms in total. The monoisotopic (exact) mass is 201 g/mol. The van der Waals surface area contributed by atoms with E-state index in [9.17, 15) is 4.79 Å². The summed E-state index contributed by atoms with van der Waals surface area (Å²) in [5.74, 6) is 0.577. The van der Waals surface area contributed by atoms with Gasteiger partial charge in [0.1, 0.15) is 0 Å². The van der Waals surface area contributed by atoms with Crippen molar-refractivity contribution < 1.29 is 4.79 Å². The van der Waals surface area contributed by atoms with Gasteiger partial charge in [0.2, 0.25) is 5.91 Å². The highest BCUT2D eigenvalue weighted by atomic mass is 32.1. The molecule has 1 rings (SSSR count). The molecule has 1 fully saturated rings. The third-order valence-electron chi connectivity index (χ3n) is 2.51. The van der Waals surface area contributed by atoms with Crippen LogP contribution in [0.2, 0.25) is 0 Å². The predicted octanol–water partition coefficient (Wildman–Crippen LogP) is 0.287. The summed E-state index contributed by atoms with van der Waals surface area (Å²) in [6.07, 6.45) is 3.23. The fourth-order valence-electron chi connectivity index (χ4n) is 1.75. The Balaban J connectivity index is 2.34. The Morgan fingerprint density at radius 2 is 2.15 bits per heavy atom. The van der Waals surface area contributed by atoms with E-state index >= 15 is 0 Å². The summed E-state index contributed by atoms with van der Waals surface area (Å²) < 4.78 is 0. The van der Waals surface area contributed by atoms with Crippen molar-refractivity contribution in [3.05, 3.63) is 0 Å². The molecule has 5 heteroatoms. The molecular weight excluding hydrogens is 186 g/mol. The zero-order chi connectivity index (χ0) is 9.84. The number of carbonyl (C=O) groups excluding carboxylic acids is 1. The van der Waals surface area contributed by atoms with Gasteiger partial charge < -0.3 is 5.73 Å². The van der Waals surface area contributed by atoms with Crippen LogP contribution in [0.1, 0.15) is 26.2 Å². The van der Waals surface area contributed by atoms with E-state index in [0.29, 0.717) is 5.92 Å². The topological polar surface area (TPSA) is 67.2 Å². The third kappa shape index (κ3) is 2.84. The second-order valence-corrected chi connectivity index (χ2v) is 3.93. The maximum absolute atomic E-state index is 11.5. The summed E-state index contributed by atoms with van der Waals surface area (Å²) in [5, 5.41) is 0.0963. The predicted molar refractivity (Wildman–Crippen MR) is 54.6 cm³/mol. The summed E-state index contributed by atoms with van der Waals surface area (Å²) in [6.45, 7) is 2.10. The third-order valence-corrected chi connectivity index (χ3v) is 2.61. The van der Waals surface area contributed by atoms with E-state index in [2.05, 4.69) is 30.0 Å².